The molecule has 0 aliphatic carbocycles. The number of nitrogens with zero attached hydrogens (tertiary/aromatic N) is 3. The molecule has 0 atom stereocenters. The lowest BCUT2D eigenvalue weighted by atomic mass is 10.2. The Hall–Kier alpha value is -2.83. The third-order valence-corrected chi connectivity index (χ3v) is 3.72. The average molecular weight is 344 g/mol. The molecule has 0 aliphatic rings. The number of anilines is 1. The summed E-state index contributed by atoms with van der Waals surface area (Å²) in [6, 6.07) is 9.80. The van der Waals surface area contributed by atoms with E-state index in [-0.39, 0.29) is 30.4 Å². The van der Waals surface area contributed by atoms with Gasteiger partial charge < -0.3 is 15.4 Å². The van der Waals surface area contributed by atoms with Crippen LogP contribution in [0.15, 0.2) is 36.5 Å². The van der Waals surface area contributed by atoms with Crippen LogP contribution in [0.3, 0.4) is 0 Å². The minimum Gasteiger partial charge on any atom is -0.462 e. The minimum atomic E-state index is -0.534. The maximum absolute atomic E-state index is 12.7. The maximum atomic E-state index is 12.7. The first-order valence-electron chi connectivity index (χ1n) is 8.36. The van der Waals surface area contributed by atoms with Gasteiger partial charge in [-0.3, -0.25) is 4.79 Å². The lowest BCUT2D eigenvalue weighted by Crippen LogP contribution is -2.34. The number of esters is 1. The zero-order valence-electron chi connectivity index (χ0n) is 14.6. The monoisotopic (exact) mass is 344 g/mol. The van der Waals surface area contributed by atoms with E-state index in [2.05, 4.69) is 5.10 Å². The Bertz CT molecular complexity index is 712. The van der Waals surface area contributed by atoms with Crippen molar-refractivity contribution in [3.05, 3.63) is 47.7 Å². The number of carbonyl (C=O) groups excluding carboxylic acids is 2. The predicted molar refractivity (Wildman–Crippen MR) is 94.7 cm³/mol. The second-order valence-electron chi connectivity index (χ2n) is 5.62. The summed E-state index contributed by atoms with van der Waals surface area (Å²) in [6.45, 7) is 5.14. The Morgan fingerprint density at radius 1 is 1.24 bits per heavy atom. The average Bonchev–Trinajstić information content (AvgIpc) is 2.96. The summed E-state index contributed by atoms with van der Waals surface area (Å²) in [5, 5.41) is 4.05. The van der Waals surface area contributed by atoms with E-state index in [4.69, 9.17) is 10.5 Å². The first-order chi connectivity index (χ1) is 12.1. The number of nitrogen functional groups attached to an aromatic ring is 1. The SMILES string of the molecule is CCCN(Cc1ccccc1)C(=O)Cn1ncc(C(=O)OCC)c1N. The summed E-state index contributed by atoms with van der Waals surface area (Å²) >= 11 is 0. The van der Waals surface area contributed by atoms with Crippen LogP contribution in [0.4, 0.5) is 5.82 Å². The van der Waals surface area contributed by atoms with E-state index in [1.165, 1.54) is 10.9 Å². The van der Waals surface area contributed by atoms with E-state index in [1.54, 1.807) is 11.8 Å². The molecule has 7 nitrogen and oxygen atoms in total. The van der Waals surface area contributed by atoms with Crippen molar-refractivity contribution in [2.24, 2.45) is 0 Å². The predicted octanol–water partition coefficient (Wildman–Crippen LogP) is 2.08. The molecular weight excluding hydrogens is 320 g/mol. The topological polar surface area (TPSA) is 90.5 Å². The lowest BCUT2D eigenvalue weighted by molar-refractivity contribution is -0.132. The van der Waals surface area contributed by atoms with E-state index in [1.807, 2.05) is 37.3 Å². The molecule has 1 amide bonds. The summed E-state index contributed by atoms with van der Waals surface area (Å²) in [6.07, 6.45) is 2.18. The highest BCUT2D eigenvalue weighted by molar-refractivity contribution is 5.94. The van der Waals surface area contributed by atoms with Crippen molar-refractivity contribution in [1.82, 2.24) is 14.7 Å². The number of amides is 1. The van der Waals surface area contributed by atoms with Crippen molar-refractivity contribution in [3.63, 3.8) is 0 Å². The molecule has 0 fully saturated rings. The first kappa shape index (κ1) is 18.5. The molecule has 2 N–H and O–H groups in total. The van der Waals surface area contributed by atoms with Gasteiger partial charge in [0, 0.05) is 13.1 Å². The van der Waals surface area contributed by atoms with Gasteiger partial charge in [-0.05, 0) is 18.9 Å². The van der Waals surface area contributed by atoms with Crippen LogP contribution in [0.5, 0.6) is 0 Å². The van der Waals surface area contributed by atoms with Crippen molar-refractivity contribution in [1.29, 1.82) is 0 Å². The molecule has 7 heteroatoms. The molecule has 0 saturated heterocycles. The third-order valence-electron chi connectivity index (χ3n) is 3.72. The Labute approximate surface area is 147 Å². The molecule has 1 heterocycles. The van der Waals surface area contributed by atoms with Crippen LogP contribution in [0.2, 0.25) is 0 Å². The van der Waals surface area contributed by atoms with Crippen LogP contribution in [0.25, 0.3) is 0 Å². The van der Waals surface area contributed by atoms with Crippen LogP contribution in [-0.4, -0.2) is 39.7 Å². The molecule has 2 aromatic rings. The number of hydrogen-bond donors (Lipinski definition) is 1. The van der Waals surface area contributed by atoms with Crippen LogP contribution >= 0.6 is 0 Å². The number of ether oxygens (including phenoxy) is 1. The summed E-state index contributed by atoms with van der Waals surface area (Å²) in [5.41, 5.74) is 7.18. The summed E-state index contributed by atoms with van der Waals surface area (Å²) < 4.78 is 6.26. The van der Waals surface area contributed by atoms with Crippen LogP contribution in [0.1, 0.15) is 36.2 Å². The van der Waals surface area contributed by atoms with Crippen LogP contribution < -0.4 is 5.73 Å². The largest absolute Gasteiger partial charge is 0.462 e. The molecule has 0 bridgehead atoms. The van der Waals surface area contributed by atoms with Gasteiger partial charge in [0.2, 0.25) is 5.91 Å². The van der Waals surface area contributed by atoms with E-state index < -0.39 is 5.97 Å². The van der Waals surface area contributed by atoms with Gasteiger partial charge in [-0.1, -0.05) is 37.3 Å². The Kier molecular flexibility index (Phi) is 6.56. The van der Waals surface area contributed by atoms with Crippen molar-refractivity contribution >= 4 is 17.7 Å². The Morgan fingerprint density at radius 2 is 1.96 bits per heavy atom. The van der Waals surface area contributed by atoms with Gasteiger partial charge in [0.05, 0.1) is 12.8 Å². The van der Waals surface area contributed by atoms with E-state index in [0.717, 1.165) is 12.0 Å². The molecule has 1 aromatic heterocycles. The van der Waals surface area contributed by atoms with Gasteiger partial charge in [0.15, 0.2) is 0 Å². The van der Waals surface area contributed by atoms with Crippen LogP contribution in [0, 0.1) is 0 Å². The fraction of sp³-hybridized carbons (Fsp3) is 0.389. The highest BCUT2D eigenvalue weighted by Crippen LogP contribution is 2.14. The van der Waals surface area contributed by atoms with Gasteiger partial charge in [-0.2, -0.15) is 5.10 Å². The number of nitrogens with two attached hydrogens (primary N) is 1. The molecule has 0 unspecified atom stereocenters. The second kappa shape index (κ2) is 8.86. The fourth-order valence-corrected chi connectivity index (χ4v) is 2.48. The van der Waals surface area contributed by atoms with Gasteiger partial charge in [-0.15, -0.1) is 0 Å². The number of rotatable bonds is 8. The van der Waals surface area contributed by atoms with Crippen molar-refractivity contribution < 1.29 is 14.3 Å². The zero-order valence-corrected chi connectivity index (χ0v) is 14.6. The Morgan fingerprint density at radius 3 is 2.60 bits per heavy atom. The quantitative estimate of drug-likeness (QED) is 0.741. The maximum Gasteiger partial charge on any atom is 0.343 e. The highest BCUT2D eigenvalue weighted by Gasteiger charge is 2.20. The standard InChI is InChI=1S/C18H24N4O3/c1-3-10-21(12-14-8-6-5-7-9-14)16(23)13-22-17(19)15(11-20-22)18(24)25-4-2/h5-9,11H,3-4,10,12-13,19H2,1-2H3. The summed E-state index contributed by atoms with van der Waals surface area (Å²) in [4.78, 5) is 26.2. The van der Waals surface area contributed by atoms with Gasteiger partial charge >= 0.3 is 5.97 Å². The number of carbonyl (C=O) groups is 2. The highest BCUT2D eigenvalue weighted by atomic mass is 16.5. The van der Waals surface area contributed by atoms with E-state index in [0.29, 0.717) is 13.1 Å². The van der Waals surface area contributed by atoms with Crippen LogP contribution in [-0.2, 0) is 22.6 Å². The Balaban J connectivity index is 2.09. The van der Waals surface area contributed by atoms with Crippen molar-refractivity contribution in [2.45, 2.75) is 33.4 Å². The number of aromatic nitrogens is 2. The van der Waals surface area contributed by atoms with Crippen molar-refractivity contribution in [3.8, 4) is 0 Å². The molecular formula is C18H24N4O3. The summed E-state index contributed by atoms with van der Waals surface area (Å²) in [7, 11) is 0. The minimum absolute atomic E-state index is 0.0158. The number of benzene rings is 1. The smallest absolute Gasteiger partial charge is 0.343 e. The van der Waals surface area contributed by atoms with Gasteiger partial charge in [0.25, 0.3) is 0 Å². The molecule has 134 valence electrons. The zero-order chi connectivity index (χ0) is 18.2. The van der Waals surface area contributed by atoms with E-state index in [9.17, 15) is 9.59 Å². The lowest BCUT2D eigenvalue weighted by Gasteiger charge is -2.22. The number of hydrogen-bond acceptors (Lipinski definition) is 5. The summed E-state index contributed by atoms with van der Waals surface area (Å²) in [5.74, 6) is -0.493. The fourth-order valence-electron chi connectivity index (χ4n) is 2.48. The molecule has 1 aromatic carbocycles. The van der Waals surface area contributed by atoms with E-state index >= 15 is 0 Å². The van der Waals surface area contributed by atoms with Gasteiger partial charge in [-0.25, -0.2) is 9.48 Å². The third kappa shape index (κ3) is 4.82. The molecule has 0 spiro atoms. The molecule has 0 aliphatic heterocycles. The van der Waals surface area contributed by atoms with Crippen molar-refractivity contribution in [2.75, 3.05) is 18.9 Å². The first-order valence-corrected chi connectivity index (χ1v) is 8.36. The molecule has 2 rings (SSSR count). The molecule has 0 radical (unpaired) electrons. The molecule has 0 saturated carbocycles. The normalized spacial score (nSPS) is 10.5. The second-order valence-corrected chi connectivity index (χ2v) is 5.62. The molecule has 25 heavy (non-hydrogen) atoms. The van der Waals surface area contributed by atoms with Gasteiger partial charge in [0.1, 0.15) is 17.9 Å².